The molecule has 0 amide bonds. The first-order chi connectivity index (χ1) is 6.24. The third kappa shape index (κ3) is 7.37. The molecular formula is C12H25Cl. The Morgan fingerprint density at radius 1 is 0.846 bits per heavy atom. The maximum absolute atomic E-state index is 6.25. The standard InChI is InChI=1S/C12H25Cl/c1-4-7-11(8-5-2)10-12(13)9-6-3/h11-12H,4-10H2,1-3H3. The molecule has 0 rings (SSSR count). The van der Waals surface area contributed by atoms with E-state index in [0.717, 1.165) is 5.92 Å². The molecule has 0 spiro atoms. The molecule has 0 nitrogen and oxygen atoms in total. The Labute approximate surface area is 89.1 Å². The average Bonchev–Trinajstić information content (AvgIpc) is 2.05. The molecule has 1 heteroatoms. The van der Waals surface area contributed by atoms with Crippen LogP contribution in [0.5, 0.6) is 0 Å². The van der Waals surface area contributed by atoms with Gasteiger partial charge in [-0.05, 0) is 18.8 Å². The molecule has 1 unspecified atom stereocenters. The van der Waals surface area contributed by atoms with E-state index in [1.807, 2.05) is 0 Å². The minimum Gasteiger partial charge on any atom is -0.123 e. The van der Waals surface area contributed by atoms with Crippen molar-refractivity contribution in [3.05, 3.63) is 0 Å². The third-order valence-corrected chi connectivity index (χ3v) is 2.98. The van der Waals surface area contributed by atoms with Crippen LogP contribution in [0.4, 0.5) is 0 Å². The largest absolute Gasteiger partial charge is 0.123 e. The van der Waals surface area contributed by atoms with Crippen molar-refractivity contribution in [2.24, 2.45) is 5.92 Å². The van der Waals surface area contributed by atoms with Gasteiger partial charge in [-0.15, -0.1) is 11.6 Å². The van der Waals surface area contributed by atoms with Crippen LogP contribution in [-0.4, -0.2) is 5.38 Å². The molecule has 0 aromatic carbocycles. The predicted molar refractivity (Wildman–Crippen MR) is 62.5 cm³/mol. The third-order valence-electron chi connectivity index (χ3n) is 2.58. The van der Waals surface area contributed by atoms with Gasteiger partial charge in [0, 0.05) is 5.38 Å². The highest BCUT2D eigenvalue weighted by Gasteiger charge is 2.12. The number of rotatable bonds is 8. The Morgan fingerprint density at radius 3 is 1.69 bits per heavy atom. The molecule has 0 N–H and O–H groups in total. The molecule has 0 aromatic rings. The zero-order valence-electron chi connectivity index (χ0n) is 9.48. The van der Waals surface area contributed by atoms with Crippen molar-refractivity contribution in [3.8, 4) is 0 Å². The van der Waals surface area contributed by atoms with Gasteiger partial charge in [0.1, 0.15) is 0 Å². The van der Waals surface area contributed by atoms with Crippen LogP contribution in [-0.2, 0) is 0 Å². The second-order valence-electron chi connectivity index (χ2n) is 4.07. The van der Waals surface area contributed by atoms with E-state index in [1.165, 1.54) is 44.9 Å². The molecule has 0 radical (unpaired) electrons. The summed E-state index contributed by atoms with van der Waals surface area (Å²) in [4.78, 5) is 0. The molecule has 13 heavy (non-hydrogen) atoms. The molecule has 0 heterocycles. The van der Waals surface area contributed by atoms with Crippen molar-refractivity contribution in [1.29, 1.82) is 0 Å². The van der Waals surface area contributed by atoms with Crippen LogP contribution in [0.25, 0.3) is 0 Å². The van der Waals surface area contributed by atoms with E-state index >= 15 is 0 Å². The summed E-state index contributed by atoms with van der Waals surface area (Å²) in [5, 5.41) is 0.424. The van der Waals surface area contributed by atoms with Crippen molar-refractivity contribution in [2.45, 2.75) is 71.1 Å². The molecule has 0 aromatic heterocycles. The first-order valence-electron chi connectivity index (χ1n) is 5.88. The quantitative estimate of drug-likeness (QED) is 0.488. The number of halogens is 1. The topological polar surface area (TPSA) is 0 Å². The lowest BCUT2D eigenvalue weighted by molar-refractivity contribution is 0.397. The monoisotopic (exact) mass is 204 g/mol. The molecule has 0 fully saturated rings. The minimum absolute atomic E-state index is 0.424. The highest BCUT2D eigenvalue weighted by atomic mass is 35.5. The fourth-order valence-corrected chi connectivity index (χ4v) is 2.46. The fourth-order valence-electron chi connectivity index (χ4n) is 1.99. The summed E-state index contributed by atoms with van der Waals surface area (Å²) in [5.74, 6) is 0.879. The van der Waals surface area contributed by atoms with E-state index in [2.05, 4.69) is 20.8 Å². The maximum atomic E-state index is 6.25. The van der Waals surface area contributed by atoms with Gasteiger partial charge in [-0.1, -0.05) is 52.9 Å². The van der Waals surface area contributed by atoms with Crippen LogP contribution >= 0.6 is 11.6 Å². The van der Waals surface area contributed by atoms with Gasteiger partial charge in [-0.2, -0.15) is 0 Å². The summed E-state index contributed by atoms with van der Waals surface area (Å²) in [6.07, 6.45) is 8.98. The summed E-state index contributed by atoms with van der Waals surface area (Å²) in [5.41, 5.74) is 0. The Hall–Kier alpha value is 0.290. The minimum atomic E-state index is 0.424. The van der Waals surface area contributed by atoms with Gasteiger partial charge in [-0.25, -0.2) is 0 Å². The smallest absolute Gasteiger partial charge is 0.0338 e. The van der Waals surface area contributed by atoms with Crippen molar-refractivity contribution in [2.75, 3.05) is 0 Å². The Balaban J connectivity index is 3.64. The molecule has 0 aliphatic rings. The maximum Gasteiger partial charge on any atom is 0.0338 e. The normalized spacial score (nSPS) is 13.6. The number of hydrogen-bond donors (Lipinski definition) is 0. The van der Waals surface area contributed by atoms with Gasteiger partial charge in [0.05, 0.1) is 0 Å². The van der Waals surface area contributed by atoms with Gasteiger partial charge in [0.2, 0.25) is 0 Å². The Kier molecular flexibility index (Phi) is 9.07. The second kappa shape index (κ2) is 8.87. The predicted octanol–water partition coefficient (Wildman–Crippen LogP) is 5.00. The summed E-state index contributed by atoms with van der Waals surface area (Å²) in [7, 11) is 0. The second-order valence-corrected chi connectivity index (χ2v) is 4.68. The van der Waals surface area contributed by atoms with Crippen LogP contribution in [0.3, 0.4) is 0 Å². The molecule has 0 bridgehead atoms. The van der Waals surface area contributed by atoms with Crippen molar-refractivity contribution in [1.82, 2.24) is 0 Å². The number of hydrogen-bond acceptors (Lipinski definition) is 0. The van der Waals surface area contributed by atoms with Crippen LogP contribution in [0.1, 0.15) is 65.7 Å². The summed E-state index contributed by atoms with van der Waals surface area (Å²) in [6.45, 7) is 6.75. The van der Waals surface area contributed by atoms with Gasteiger partial charge in [0.25, 0.3) is 0 Å². The summed E-state index contributed by atoms with van der Waals surface area (Å²) < 4.78 is 0. The zero-order chi connectivity index (χ0) is 10.1. The first-order valence-corrected chi connectivity index (χ1v) is 6.32. The highest BCUT2D eigenvalue weighted by molar-refractivity contribution is 6.20. The molecular weight excluding hydrogens is 180 g/mol. The molecule has 80 valence electrons. The fraction of sp³-hybridized carbons (Fsp3) is 1.00. The summed E-state index contributed by atoms with van der Waals surface area (Å²) in [6, 6.07) is 0. The summed E-state index contributed by atoms with van der Waals surface area (Å²) >= 11 is 6.25. The van der Waals surface area contributed by atoms with Crippen molar-refractivity contribution in [3.63, 3.8) is 0 Å². The van der Waals surface area contributed by atoms with Gasteiger partial charge >= 0.3 is 0 Å². The van der Waals surface area contributed by atoms with Gasteiger partial charge in [-0.3, -0.25) is 0 Å². The average molecular weight is 205 g/mol. The van der Waals surface area contributed by atoms with E-state index < -0.39 is 0 Å². The lowest BCUT2D eigenvalue weighted by Crippen LogP contribution is -2.08. The van der Waals surface area contributed by atoms with E-state index in [1.54, 1.807) is 0 Å². The molecule has 0 saturated heterocycles. The van der Waals surface area contributed by atoms with E-state index in [-0.39, 0.29) is 0 Å². The van der Waals surface area contributed by atoms with E-state index in [4.69, 9.17) is 11.6 Å². The molecule has 1 atom stereocenters. The van der Waals surface area contributed by atoms with E-state index in [0.29, 0.717) is 5.38 Å². The first kappa shape index (κ1) is 13.3. The van der Waals surface area contributed by atoms with Crippen LogP contribution in [0, 0.1) is 5.92 Å². The molecule has 0 saturated carbocycles. The lowest BCUT2D eigenvalue weighted by atomic mass is 9.92. The zero-order valence-corrected chi connectivity index (χ0v) is 10.2. The molecule has 0 aliphatic carbocycles. The van der Waals surface area contributed by atoms with Gasteiger partial charge < -0.3 is 0 Å². The Morgan fingerprint density at radius 2 is 1.31 bits per heavy atom. The molecule has 0 aliphatic heterocycles. The Bertz CT molecular complexity index is 95.3. The van der Waals surface area contributed by atoms with Crippen LogP contribution < -0.4 is 0 Å². The van der Waals surface area contributed by atoms with Crippen molar-refractivity contribution >= 4 is 11.6 Å². The van der Waals surface area contributed by atoms with Gasteiger partial charge in [0.15, 0.2) is 0 Å². The van der Waals surface area contributed by atoms with Crippen LogP contribution in [0.2, 0.25) is 0 Å². The highest BCUT2D eigenvalue weighted by Crippen LogP contribution is 2.23. The van der Waals surface area contributed by atoms with Crippen LogP contribution in [0.15, 0.2) is 0 Å². The lowest BCUT2D eigenvalue weighted by Gasteiger charge is -2.18. The number of alkyl halides is 1. The van der Waals surface area contributed by atoms with E-state index in [9.17, 15) is 0 Å². The van der Waals surface area contributed by atoms with Crippen molar-refractivity contribution < 1.29 is 0 Å². The SMILES string of the molecule is CCCC(Cl)CC(CCC)CCC.